The Morgan fingerprint density at radius 3 is 2.68 bits per heavy atom. The minimum Gasteiger partial charge on any atom is -0.497 e. The van der Waals surface area contributed by atoms with Crippen LogP contribution in [0, 0.1) is 0 Å². The number of ether oxygens (including phenoxy) is 2. The fourth-order valence-corrected chi connectivity index (χ4v) is 4.07. The summed E-state index contributed by atoms with van der Waals surface area (Å²) >= 11 is 1.29. The Labute approximate surface area is 166 Å². The molecule has 0 atom stereocenters. The van der Waals surface area contributed by atoms with E-state index in [1.54, 1.807) is 35.9 Å². The molecule has 0 aliphatic heterocycles. The van der Waals surface area contributed by atoms with Gasteiger partial charge in [0, 0.05) is 12.1 Å². The maximum Gasteiger partial charge on any atom is 0.262 e. The number of thioether (sulfide) groups is 1. The number of methoxy groups -OCH3 is 2. The van der Waals surface area contributed by atoms with E-state index in [1.165, 1.54) is 18.9 Å². The molecule has 1 fully saturated rings. The normalized spacial score (nSPS) is 13.5. The standard InChI is InChI=1S/C21H20N2O4S/c1-26-14-9-10-16(19(11-14)27-2)18(24)12-28-21-22-17-6-4-3-5-15(17)20(25)23(21)13-7-8-13/h3-6,9-11,13H,7-8,12H2,1-2H3. The van der Waals surface area contributed by atoms with Gasteiger partial charge in [0.15, 0.2) is 10.9 Å². The summed E-state index contributed by atoms with van der Waals surface area (Å²) in [6, 6.07) is 12.6. The molecule has 0 amide bonds. The van der Waals surface area contributed by atoms with E-state index in [4.69, 9.17) is 9.47 Å². The molecule has 144 valence electrons. The Morgan fingerprint density at radius 1 is 1.18 bits per heavy atom. The van der Waals surface area contributed by atoms with Crippen LogP contribution in [0.3, 0.4) is 0 Å². The summed E-state index contributed by atoms with van der Waals surface area (Å²) in [5.74, 6) is 1.17. The molecule has 0 bridgehead atoms. The topological polar surface area (TPSA) is 70.4 Å². The maximum absolute atomic E-state index is 12.9. The van der Waals surface area contributed by atoms with Gasteiger partial charge in [0.1, 0.15) is 11.5 Å². The third-order valence-electron chi connectivity index (χ3n) is 4.73. The second-order valence-electron chi connectivity index (χ2n) is 6.60. The van der Waals surface area contributed by atoms with Crippen molar-refractivity contribution in [2.45, 2.75) is 24.0 Å². The molecule has 7 heteroatoms. The van der Waals surface area contributed by atoms with Gasteiger partial charge in [-0.1, -0.05) is 23.9 Å². The molecule has 0 saturated heterocycles. The predicted octanol–water partition coefficient (Wildman–Crippen LogP) is 3.72. The van der Waals surface area contributed by atoms with Crippen molar-refractivity contribution < 1.29 is 14.3 Å². The van der Waals surface area contributed by atoms with E-state index in [1.807, 2.05) is 18.2 Å². The van der Waals surface area contributed by atoms with Crippen LogP contribution >= 0.6 is 11.8 Å². The number of fused-ring (bicyclic) bond motifs is 1. The lowest BCUT2D eigenvalue weighted by Crippen LogP contribution is -2.22. The van der Waals surface area contributed by atoms with E-state index in [9.17, 15) is 9.59 Å². The quantitative estimate of drug-likeness (QED) is 0.344. The van der Waals surface area contributed by atoms with Crippen LogP contribution in [-0.2, 0) is 0 Å². The lowest BCUT2D eigenvalue weighted by Gasteiger charge is -2.13. The number of nitrogens with zero attached hydrogens (tertiary/aromatic N) is 2. The minimum absolute atomic E-state index is 0.0370. The first-order valence-electron chi connectivity index (χ1n) is 9.01. The molecule has 1 saturated carbocycles. The van der Waals surface area contributed by atoms with Crippen LogP contribution in [0.5, 0.6) is 11.5 Å². The summed E-state index contributed by atoms with van der Waals surface area (Å²) in [4.78, 5) is 30.3. The number of Topliss-reactive ketones (excluding diaryl/α,β-unsaturated/α-hetero) is 1. The molecule has 3 aromatic rings. The van der Waals surface area contributed by atoms with Crippen molar-refractivity contribution in [2.75, 3.05) is 20.0 Å². The number of para-hydroxylation sites is 1. The van der Waals surface area contributed by atoms with Crippen LogP contribution in [-0.4, -0.2) is 35.3 Å². The van der Waals surface area contributed by atoms with Crippen molar-refractivity contribution in [3.63, 3.8) is 0 Å². The van der Waals surface area contributed by atoms with Gasteiger partial charge >= 0.3 is 0 Å². The van der Waals surface area contributed by atoms with Crippen molar-refractivity contribution in [3.8, 4) is 11.5 Å². The van der Waals surface area contributed by atoms with E-state index in [2.05, 4.69) is 4.98 Å². The maximum atomic E-state index is 12.9. The SMILES string of the molecule is COc1ccc(C(=O)CSc2nc3ccccc3c(=O)n2C2CC2)c(OC)c1. The van der Waals surface area contributed by atoms with E-state index < -0.39 is 0 Å². The number of aromatic nitrogens is 2. The highest BCUT2D eigenvalue weighted by Gasteiger charge is 2.29. The van der Waals surface area contributed by atoms with Gasteiger partial charge < -0.3 is 9.47 Å². The number of benzene rings is 2. The first kappa shape index (κ1) is 18.6. The highest BCUT2D eigenvalue weighted by Crippen LogP contribution is 2.37. The average molecular weight is 396 g/mol. The Bertz CT molecular complexity index is 1110. The molecule has 6 nitrogen and oxygen atoms in total. The third-order valence-corrected chi connectivity index (χ3v) is 5.68. The number of ketones is 1. The van der Waals surface area contributed by atoms with Crippen molar-refractivity contribution in [1.29, 1.82) is 0 Å². The van der Waals surface area contributed by atoms with Crippen LogP contribution in [0.1, 0.15) is 29.2 Å². The van der Waals surface area contributed by atoms with Gasteiger partial charge in [0.25, 0.3) is 5.56 Å². The Kier molecular flexibility index (Phi) is 5.09. The van der Waals surface area contributed by atoms with Crippen molar-refractivity contribution in [1.82, 2.24) is 9.55 Å². The van der Waals surface area contributed by atoms with E-state index in [0.717, 1.165) is 12.8 Å². The molecule has 0 unspecified atom stereocenters. The largest absolute Gasteiger partial charge is 0.497 e. The Hall–Kier alpha value is -2.80. The lowest BCUT2D eigenvalue weighted by molar-refractivity contribution is 0.101. The third kappa shape index (κ3) is 3.49. The van der Waals surface area contributed by atoms with E-state index in [-0.39, 0.29) is 23.1 Å². The fourth-order valence-electron chi connectivity index (χ4n) is 3.12. The monoisotopic (exact) mass is 396 g/mol. The zero-order chi connectivity index (χ0) is 19.7. The molecule has 4 rings (SSSR count). The predicted molar refractivity (Wildman–Crippen MR) is 109 cm³/mol. The van der Waals surface area contributed by atoms with Crippen LogP contribution < -0.4 is 15.0 Å². The second-order valence-corrected chi connectivity index (χ2v) is 7.54. The van der Waals surface area contributed by atoms with Crippen molar-refractivity contribution in [3.05, 3.63) is 58.4 Å². The van der Waals surface area contributed by atoms with Crippen molar-refractivity contribution >= 4 is 28.4 Å². The smallest absolute Gasteiger partial charge is 0.262 e. The van der Waals surface area contributed by atoms with Gasteiger partial charge in [-0.25, -0.2) is 4.98 Å². The van der Waals surface area contributed by atoms with Crippen LogP contribution in [0.25, 0.3) is 10.9 Å². The molecular formula is C21H20N2O4S. The first-order chi connectivity index (χ1) is 13.6. The van der Waals surface area contributed by atoms with E-state index in [0.29, 0.717) is 33.1 Å². The number of hydrogen-bond acceptors (Lipinski definition) is 6. The van der Waals surface area contributed by atoms with Gasteiger partial charge in [0.2, 0.25) is 0 Å². The first-order valence-corrected chi connectivity index (χ1v) is 10.00. The van der Waals surface area contributed by atoms with Gasteiger partial charge in [-0.15, -0.1) is 0 Å². The average Bonchev–Trinajstić information content (AvgIpc) is 3.56. The van der Waals surface area contributed by atoms with Gasteiger partial charge in [-0.05, 0) is 37.1 Å². The minimum atomic E-state index is -0.0887. The van der Waals surface area contributed by atoms with E-state index >= 15 is 0 Å². The highest BCUT2D eigenvalue weighted by atomic mass is 32.2. The van der Waals surface area contributed by atoms with Crippen LogP contribution in [0.4, 0.5) is 0 Å². The fraction of sp³-hybridized carbons (Fsp3) is 0.286. The zero-order valence-electron chi connectivity index (χ0n) is 15.7. The lowest BCUT2D eigenvalue weighted by atomic mass is 10.1. The summed E-state index contributed by atoms with van der Waals surface area (Å²) in [5.41, 5.74) is 1.10. The Morgan fingerprint density at radius 2 is 1.96 bits per heavy atom. The van der Waals surface area contributed by atoms with Gasteiger partial charge in [0.05, 0.1) is 36.4 Å². The highest BCUT2D eigenvalue weighted by molar-refractivity contribution is 7.99. The summed E-state index contributed by atoms with van der Waals surface area (Å²) in [7, 11) is 3.09. The van der Waals surface area contributed by atoms with Crippen molar-refractivity contribution in [2.24, 2.45) is 0 Å². The summed E-state index contributed by atoms with van der Waals surface area (Å²) in [5, 5.41) is 1.20. The van der Waals surface area contributed by atoms with Gasteiger partial charge in [-0.3, -0.25) is 14.2 Å². The second kappa shape index (κ2) is 7.67. The number of rotatable bonds is 7. The van der Waals surface area contributed by atoms with Crippen LogP contribution in [0.2, 0.25) is 0 Å². The molecule has 0 radical (unpaired) electrons. The molecule has 1 heterocycles. The molecular weight excluding hydrogens is 376 g/mol. The molecule has 1 aliphatic carbocycles. The number of carbonyl (C=O) groups is 1. The molecule has 2 aromatic carbocycles. The zero-order valence-corrected chi connectivity index (χ0v) is 16.5. The number of hydrogen-bond donors (Lipinski definition) is 0. The molecule has 1 aliphatic rings. The van der Waals surface area contributed by atoms with Gasteiger partial charge in [-0.2, -0.15) is 0 Å². The molecule has 1 aromatic heterocycles. The molecule has 0 N–H and O–H groups in total. The van der Waals surface area contributed by atoms with Crippen LogP contribution in [0.15, 0.2) is 52.4 Å². The number of carbonyl (C=O) groups excluding carboxylic acids is 1. The summed E-state index contributed by atoms with van der Waals surface area (Å²) in [6.45, 7) is 0. The molecule has 28 heavy (non-hydrogen) atoms. The molecule has 0 spiro atoms. The summed E-state index contributed by atoms with van der Waals surface area (Å²) < 4.78 is 12.2. The summed E-state index contributed by atoms with van der Waals surface area (Å²) in [6.07, 6.45) is 1.93. The Balaban J connectivity index is 1.63.